The van der Waals surface area contributed by atoms with E-state index in [9.17, 15) is 5.11 Å². The average molecular weight is 397 g/mol. The minimum absolute atomic E-state index is 0.0941. The van der Waals surface area contributed by atoms with E-state index in [4.69, 9.17) is 9.15 Å². The van der Waals surface area contributed by atoms with Crippen LogP contribution in [0.4, 0.5) is 0 Å². The summed E-state index contributed by atoms with van der Waals surface area (Å²) < 4.78 is 12.1. The van der Waals surface area contributed by atoms with E-state index in [1.54, 1.807) is 13.2 Å². The van der Waals surface area contributed by atoms with E-state index in [0.717, 1.165) is 15.2 Å². The zero-order valence-electron chi connectivity index (χ0n) is 13.2. The van der Waals surface area contributed by atoms with Crippen LogP contribution in [0.1, 0.15) is 0 Å². The molecule has 0 bridgehead atoms. The van der Waals surface area contributed by atoms with E-state index >= 15 is 0 Å². The zero-order valence-corrected chi connectivity index (χ0v) is 14.8. The van der Waals surface area contributed by atoms with E-state index in [1.807, 2.05) is 48.5 Å². The van der Waals surface area contributed by atoms with Crippen LogP contribution < -0.4 is 4.74 Å². The average Bonchev–Trinajstić information content (AvgIpc) is 3.10. The molecule has 1 N–H and O–H groups in total. The maximum Gasteiger partial charge on any atom is 0.252 e. The first-order chi connectivity index (χ1) is 12.2. The number of phenolic OH excluding ortho intramolecular Hbond substituents is 1. The molecule has 0 aliphatic heterocycles. The molecule has 4 aromatic rings. The van der Waals surface area contributed by atoms with Crippen molar-refractivity contribution in [1.82, 2.24) is 10.2 Å². The van der Waals surface area contributed by atoms with Crippen LogP contribution in [0.25, 0.3) is 33.7 Å². The molecular weight excluding hydrogens is 384 g/mol. The molecule has 4 rings (SSSR count). The first kappa shape index (κ1) is 15.7. The summed E-state index contributed by atoms with van der Waals surface area (Å²) in [5.41, 5.74) is 1.21. The van der Waals surface area contributed by atoms with Crippen molar-refractivity contribution in [1.29, 1.82) is 0 Å². The summed E-state index contributed by atoms with van der Waals surface area (Å²) in [7, 11) is 1.58. The van der Waals surface area contributed by atoms with Crippen molar-refractivity contribution in [2.24, 2.45) is 0 Å². The van der Waals surface area contributed by atoms with Gasteiger partial charge in [0.2, 0.25) is 0 Å². The molecule has 124 valence electrons. The van der Waals surface area contributed by atoms with Crippen LogP contribution in [-0.4, -0.2) is 22.4 Å². The second-order valence-corrected chi connectivity index (χ2v) is 6.35. The molecule has 0 aliphatic rings. The third kappa shape index (κ3) is 2.74. The molecule has 0 amide bonds. The van der Waals surface area contributed by atoms with Crippen LogP contribution in [0.5, 0.6) is 11.5 Å². The minimum Gasteiger partial charge on any atom is -0.507 e. The van der Waals surface area contributed by atoms with Gasteiger partial charge in [0.05, 0.1) is 18.2 Å². The molecule has 0 unspecified atom stereocenters. The second-order valence-electron chi connectivity index (χ2n) is 5.44. The van der Waals surface area contributed by atoms with Gasteiger partial charge in [0.15, 0.2) is 0 Å². The summed E-state index contributed by atoms with van der Waals surface area (Å²) >= 11 is 3.41. The Kier molecular flexibility index (Phi) is 3.89. The van der Waals surface area contributed by atoms with Crippen LogP contribution in [0, 0.1) is 0 Å². The van der Waals surface area contributed by atoms with Crippen molar-refractivity contribution >= 4 is 26.7 Å². The van der Waals surface area contributed by atoms with Gasteiger partial charge in [-0.1, -0.05) is 46.3 Å². The zero-order chi connectivity index (χ0) is 17.4. The lowest BCUT2D eigenvalue weighted by molar-refractivity contribution is 0.414. The molecule has 0 spiro atoms. The lowest BCUT2D eigenvalue weighted by Gasteiger charge is -2.06. The predicted octanol–water partition coefficient (Wildman–Crippen LogP) is 5.03. The fraction of sp³-hybridized carbons (Fsp3) is 0.0526. The highest BCUT2D eigenvalue weighted by molar-refractivity contribution is 9.10. The van der Waals surface area contributed by atoms with E-state index in [0.29, 0.717) is 22.8 Å². The van der Waals surface area contributed by atoms with Gasteiger partial charge in [0.25, 0.3) is 11.8 Å². The molecule has 25 heavy (non-hydrogen) atoms. The van der Waals surface area contributed by atoms with Gasteiger partial charge in [-0.05, 0) is 35.0 Å². The molecule has 0 aliphatic carbocycles. The van der Waals surface area contributed by atoms with Gasteiger partial charge in [-0.25, -0.2) is 0 Å². The highest BCUT2D eigenvalue weighted by Gasteiger charge is 2.19. The summed E-state index contributed by atoms with van der Waals surface area (Å²) in [6, 6.07) is 16.7. The van der Waals surface area contributed by atoms with Gasteiger partial charge >= 0.3 is 0 Å². The number of nitrogens with zero attached hydrogens (tertiary/aromatic N) is 2. The summed E-state index contributed by atoms with van der Waals surface area (Å²) in [5.74, 6) is 1.30. The van der Waals surface area contributed by atoms with Gasteiger partial charge in [0.1, 0.15) is 11.5 Å². The van der Waals surface area contributed by atoms with Gasteiger partial charge in [-0.2, -0.15) is 0 Å². The van der Waals surface area contributed by atoms with E-state index < -0.39 is 0 Å². The van der Waals surface area contributed by atoms with Gasteiger partial charge in [0, 0.05) is 4.47 Å². The van der Waals surface area contributed by atoms with Gasteiger partial charge < -0.3 is 14.3 Å². The topological polar surface area (TPSA) is 68.4 Å². The summed E-state index contributed by atoms with van der Waals surface area (Å²) in [5, 5.41) is 20.4. The first-order valence-electron chi connectivity index (χ1n) is 7.56. The Hall–Kier alpha value is -2.86. The lowest BCUT2D eigenvalue weighted by Crippen LogP contribution is -1.88. The van der Waals surface area contributed by atoms with Crippen molar-refractivity contribution < 1.29 is 14.3 Å². The maximum atomic E-state index is 10.3. The molecule has 0 fully saturated rings. The molecule has 6 heteroatoms. The van der Waals surface area contributed by atoms with Crippen LogP contribution in [0.3, 0.4) is 0 Å². The molecule has 5 nitrogen and oxygen atoms in total. The van der Waals surface area contributed by atoms with E-state index in [-0.39, 0.29) is 11.6 Å². The predicted molar refractivity (Wildman–Crippen MR) is 98.6 cm³/mol. The number of hydrogen-bond donors (Lipinski definition) is 1. The number of fused-ring (bicyclic) bond motifs is 1. The van der Waals surface area contributed by atoms with Crippen LogP contribution in [0.15, 0.2) is 63.5 Å². The van der Waals surface area contributed by atoms with Crippen LogP contribution >= 0.6 is 15.9 Å². The van der Waals surface area contributed by atoms with Gasteiger partial charge in [-0.3, -0.25) is 0 Å². The largest absolute Gasteiger partial charge is 0.507 e. The first-order valence-corrected chi connectivity index (χ1v) is 8.35. The standard InChI is InChI=1S/C19H13BrN2O3/c1-24-16-10-12(20)7-8-14(16)18-21-22-19(25-18)17-13-5-3-2-4-11(13)6-9-15(17)23/h2-10,23H,1H3. The number of methoxy groups -OCH3 is 1. The molecule has 0 saturated carbocycles. The Labute approximate surface area is 152 Å². The third-order valence-corrected chi connectivity index (χ3v) is 4.43. The Morgan fingerprint density at radius 3 is 2.64 bits per heavy atom. The monoisotopic (exact) mass is 396 g/mol. The van der Waals surface area contributed by atoms with Crippen molar-refractivity contribution in [2.75, 3.05) is 7.11 Å². The number of halogens is 1. The second kappa shape index (κ2) is 6.22. The Balaban J connectivity index is 1.87. The highest BCUT2D eigenvalue weighted by atomic mass is 79.9. The number of aromatic nitrogens is 2. The van der Waals surface area contributed by atoms with E-state index in [2.05, 4.69) is 26.1 Å². The number of phenols is 1. The Morgan fingerprint density at radius 2 is 1.80 bits per heavy atom. The van der Waals surface area contributed by atoms with Crippen molar-refractivity contribution in [3.63, 3.8) is 0 Å². The smallest absolute Gasteiger partial charge is 0.252 e. The molecule has 3 aromatic carbocycles. The summed E-state index contributed by atoms with van der Waals surface area (Å²) in [6.45, 7) is 0. The van der Waals surface area contributed by atoms with Crippen molar-refractivity contribution in [2.45, 2.75) is 0 Å². The quantitative estimate of drug-likeness (QED) is 0.525. The number of aromatic hydroxyl groups is 1. The molecule has 0 saturated heterocycles. The maximum absolute atomic E-state index is 10.3. The number of hydrogen-bond acceptors (Lipinski definition) is 5. The molecule has 1 aromatic heterocycles. The fourth-order valence-electron chi connectivity index (χ4n) is 2.76. The highest BCUT2D eigenvalue weighted by Crippen LogP contribution is 2.38. The Bertz CT molecular complexity index is 1080. The molecule has 1 heterocycles. The molecular formula is C19H13BrN2O3. The Morgan fingerprint density at radius 1 is 1.00 bits per heavy atom. The third-order valence-electron chi connectivity index (χ3n) is 3.94. The molecule has 0 radical (unpaired) electrons. The normalized spacial score (nSPS) is 11.0. The van der Waals surface area contributed by atoms with Crippen LogP contribution in [0.2, 0.25) is 0 Å². The van der Waals surface area contributed by atoms with Crippen molar-refractivity contribution in [3.05, 3.63) is 59.1 Å². The summed E-state index contributed by atoms with van der Waals surface area (Å²) in [4.78, 5) is 0. The number of rotatable bonds is 3. The lowest BCUT2D eigenvalue weighted by atomic mass is 10.0. The van der Waals surface area contributed by atoms with Crippen molar-refractivity contribution in [3.8, 4) is 34.4 Å². The minimum atomic E-state index is 0.0941. The number of ether oxygens (including phenoxy) is 1. The molecule has 0 atom stereocenters. The van der Waals surface area contributed by atoms with E-state index in [1.165, 1.54) is 0 Å². The fourth-order valence-corrected chi connectivity index (χ4v) is 3.10. The number of benzene rings is 3. The van der Waals surface area contributed by atoms with Gasteiger partial charge in [-0.15, -0.1) is 10.2 Å². The summed E-state index contributed by atoms with van der Waals surface area (Å²) in [6.07, 6.45) is 0. The SMILES string of the molecule is COc1cc(Br)ccc1-c1nnc(-c2c(O)ccc3ccccc23)o1. The van der Waals surface area contributed by atoms with Crippen LogP contribution in [-0.2, 0) is 0 Å².